The number of carbonyl (C=O) groups excluding carboxylic acids is 1. The minimum Gasteiger partial charge on any atom is -0.497 e. The third-order valence-electron chi connectivity index (χ3n) is 4.98. The van der Waals surface area contributed by atoms with Crippen LogP contribution in [0.2, 0.25) is 0 Å². The van der Waals surface area contributed by atoms with E-state index in [0.717, 1.165) is 42.2 Å². The van der Waals surface area contributed by atoms with Crippen molar-refractivity contribution in [3.8, 4) is 17.2 Å². The second kappa shape index (κ2) is 9.35. The lowest BCUT2D eigenvalue weighted by molar-refractivity contribution is 0.189. The molecule has 0 aliphatic carbocycles. The van der Waals surface area contributed by atoms with Crippen LogP contribution in [0, 0.1) is 6.92 Å². The van der Waals surface area contributed by atoms with Gasteiger partial charge in [-0.3, -0.25) is 0 Å². The first-order valence-electron chi connectivity index (χ1n) is 9.58. The van der Waals surface area contributed by atoms with Crippen molar-refractivity contribution < 1.29 is 19.0 Å². The molecule has 1 atom stereocenters. The van der Waals surface area contributed by atoms with E-state index in [1.807, 2.05) is 54.3 Å². The largest absolute Gasteiger partial charge is 0.497 e. The zero-order chi connectivity index (χ0) is 19.9. The van der Waals surface area contributed by atoms with E-state index in [4.69, 9.17) is 14.2 Å². The fourth-order valence-corrected chi connectivity index (χ4v) is 3.50. The minimum atomic E-state index is -0.0834. The molecule has 6 heteroatoms. The quantitative estimate of drug-likeness (QED) is 0.735. The van der Waals surface area contributed by atoms with Crippen molar-refractivity contribution in [1.29, 1.82) is 0 Å². The summed E-state index contributed by atoms with van der Waals surface area (Å²) in [5.41, 5.74) is 2.17. The molecule has 0 saturated carbocycles. The molecule has 1 saturated heterocycles. The topological polar surface area (TPSA) is 60.0 Å². The predicted octanol–water partition coefficient (Wildman–Crippen LogP) is 3.94. The van der Waals surface area contributed by atoms with E-state index in [1.165, 1.54) is 5.56 Å². The van der Waals surface area contributed by atoms with Crippen molar-refractivity contribution in [2.24, 2.45) is 0 Å². The number of carbonyl (C=O) groups is 1. The molecule has 28 heavy (non-hydrogen) atoms. The fourth-order valence-electron chi connectivity index (χ4n) is 3.50. The van der Waals surface area contributed by atoms with Crippen LogP contribution in [-0.2, 0) is 0 Å². The number of hydrogen-bond donors (Lipinski definition) is 1. The summed E-state index contributed by atoms with van der Waals surface area (Å²) >= 11 is 0. The van der Waals surface area contributed by atoms with E-state index in [0.29, 0.717) is 13.2 Å². The molecule has 0 spiro atoms. The number of rotatable bonds is 7. The standard InChI is InChI=1S/C22H28N2O4/c1-16-6-8-17(9-7-16)28-14-12-23-22(25)24-13-4-5-20(24)19-15-18(26-2)10-11-21(19)27-3/h6-11,15,20H,4-5,12-14H2,1-3H3,(H,23,25). The zero-order valence-corrected chi connectivity index (χ0v) is 16.7. The summed E-state index contributed by atoms with van der Waals surface area (Å²) in [6.07, 6.45) is 1.86. The summed E-state index contributed by atoms with van der Waals surface area (Å²) in [6, 6.07) is 13.5. The monoisotopic (exact) mass is 384 g/mol. The average Bonchev–Trinajstić information content (AvgIpc) is 3.21. The van der Waals surface area contributed by atoms with Crippen LogP contribution in [0.15, 0.2) is 42.5 Å². The van der Waals surface area contributed by atoms with Gasteiger partial charge in [0.25, 0.3) is 0 Å². The van der Waals surface area contributed by atoms with Gasteiger partial charge < -0.3 is 24.4 Å². The van der Waals surface area contributed by atoms with E-state index >= 15 is 0 Å². The highest BCUT2D eigenvalue weighted by Crippen LogP contribution is 2.38. The SMILES string of the molecule is COc1ccc(OC)c(C2CCCN2C(=O)NCCOc2ccc(C)cc2)c1. The molecule has 2 aromatic rings. The molecule has 150 valence electrons. The lowest BCUT2D eigenvalue weighted by Crippen LogP contribution is -2.41. The number of nitrogens with zero attached hydrogens (tertiary/aromatic N) is 1. The molecule has 1 heterocycles. The van der Waals surface area contributed by atoms with Crippen molar-refractivity contribution in [3.63, 3.8) is 0 Å². The highest BCUT2D eigenvalue weighted by molar-refractivity contribution is 5.75. The Bertz CT molecular complexity index is 792. The lowest BCUT2D eigenvalue weighted by Gasteiger charge is -2.27. The smallest absolute Gasteiger partial charge is 0.318 e. The molecule has 6 nitrogen and oxygen atoms in total. The van der Waals surface area contributed by atoms with Crippen LogP contribution in [0.4, 0.5) is 4.79 Å². The Morgan fingerprint density at radius 3 is 2.57 bits per heavy atom. The maximum atomic E-state index is 12.7. The molecule has 1 N–H and O–H groups in total. The Morgan fingerprint density at radius 2 is 1.86 bits per heavy atom. The normalized spacial score (nSPS) is 16.0. The third kappa shape index (κ3) is 4.68. The van der Waals surface area contributed by atoms with Gasteiger partial charge in [0.2, 0.25) is 0 Å². The van der Waals surface area contributed by atoms with E-state index in [-0.39, 0.29) is 12.1 Å². The van der Waals surface area contributed by atoms with Gasteiger partial charge in [-0.1, -0.05) is 17.7 Å². The summed E-state index contributed by atoms with van der Waals surface area (Å²) in [6.45, 7) is 3.63. The van der Waals surface area contributed by atoms with Gasteiger partial charge >= 0.3 is 6.03 Å². The maximum absolute atomic E-state index is 12.7. The molecule has 0 radical (unpaired) electrons. The average molecular weight is 384 g/mol. The molecular weight excluding hydrogens is 356 g/mol. The van der Waals surface area contributed by atoms with Gasteiger partial charge in [-0.25, -0.2) is 4.79 Å². The first kappa shape index (κ1) is 19.9. The van der Waals surface area contributed by atoms with Crippen molar-refractivity contribution in [2.75, 3.05) is 33.9 Å². The summed E-state index contributed by atoms with van der Waals surface area (Å²) < 4.78 is 16.5. The number of methoxy groups -OCH3 is 2. The Hall–Kier alpha value is -2.89. The molecule has 1 aliphatic rings. The first-order chi connectivity index (χ1) is 13.6. The maximum Gasteiger partial charge on any atom is 0.318 e. The van der Waals surface area contributed by atoms with Crippen molar-refractivity contribution in [2.45, 2.75) is 25.8 Å². The third-order valence-corrected chi connectivity index (χ3v) is 4.98. The molecule has 2 aromatic carbocycles. The molecule has 0 bridgehead atoms. The Morgan fingerprint density at radius 1 is 1.11 bits per heavy atom. The summed E-state index contributed by atoms with van der Waals surface area (Å²) in [5.74, 6) is 2.34. The number of ether oxygens (including phenoxy) is 3. The predicted molar refractivity (Wildman–Crippen MR) is 108 cm³/mol. The lowest BCUT2D eigenvalue weighted by atomic mass is 10.0. The van der Waals surface area contributed by atoms with Gasteiger partial charge in [-0.15, -0.1) is 0 Å². The second-order valence-corrected chi connectivity index (χ2v) is 6.85. The van der Waals surface area contributed by atoms with E-state index in [9.17, 15) is 4.79 Å². The number of urea groups is 1. The number of benzene rings is 2. The molecule has 1 unspecified atom stereocenters. The molecular formula is C22H28N2O4. The van der Waals surface area contributed by atoms with Crippen molar-refractivity contribution >= 4 is 6.03 Å². The van der Waals surface area contributed by atoms with E-state index < -0.39 is 0 Å². The van der Waals surface area contributed by atoms with E-state index in [2.05, 4.69) is 5.32 Å². The van der Waals surface area contributed by atoms with Crippen molar-refractivity contribution in [3.05, 3.63) is 53.6 Å². The highest BCUT2D eigenvalue weighted by atomic mass is 16.5. The molecule has 1 aliphatic heterocycles. The van der Waals surface area contributed by atoms with Gasteiger partial charge in [0.15, 0.2) is 0 Å². The summed E-state index contributed by atoms with van der Waals surface area (Å²) in [7, 11) is 3.28. The molecule has 1 fully saturated rings. The van der Waals surface area contributed by atoms with Gasteiger partial charge in [-0.05, 0) is 50.1 Å². The van der Waals surface area contributed by atoms with Crippen LogP contribution in [0.5, 0.6) is 17.2 Å². The van der Waals surface area contributed by atoms with Crippen LogP contribution < -0.4 is 19.5 Å². The number of amides is 2. The summed E-state index contributed by atoms with van der Waals surface area (Å²) in [5, 5.41) is 2.96. The highest BCUT2D eigenvalue weighted by Gasteiger charge is 2.32. The zero-order valence-electron chi connectivity index (χ0n) is 16.7. The van der Waals surface area contributed by atoms with Crippen LogP contribution in [-0.4, -0.2) is 44.8 Å². The van der Waals surface area contributed by atoms with Crippen LogP contribution in [0.1, 0.15) is 30.0 Å². The fraction of sp³-hybridized carbons (Fsp3) is 0.409. The molecule has 2 amide bonds. The first-order valence-corrected chi connectivity index (χ1v) is 9.58. The Balaban J connectivity index is 1.58. The van der Waals surface area contributed by atoms with Gasteiger partial charge in [-0.2, -0.15) is 0 Å². The number of nitrogens with one attached hydrogen (secondary N) is 1. The van der Waals surface area contributed by atoms with Crippen molar-refractivity contribution in [1.82, 2.24) is 10.2 Å². The van der Waals surface area contributed by atoms with Crippen LogP contribution in [0.25, 0.3) is 0 Å². The minimum absolute atomic E-state index is 0.0249. The number of aryl methyl sites for hydroxylation is 1. The second-order valence-electron chi connectivity index (χ2n) is 6.85. The molecule has 3 rings (SSSR count). The molecule has 0 aromatic heterocycles. The van der Waals surface area contributed by atoms with Gasteiger partial charge in [0.1, 0.15) is 23.9 Å². The summed E-state index contributed by atoms with van der Waals surface area (Å²) in [4.78, 5) is 14.6. The Labute approximate surface area is 166 Å². The number of likely N-dealkylation sites (tertiary alicyclic amines) is 1. The Kier molecular flexibility index (Phi) is 6.63. The van der Waals surface area contributed by atoms with Gasteiger partial charge in [0, 0.05) is 12.1 Å². The number of hydrogen-bond acceptors (Lipinski definition) is 4. The van der Waals surface area contributed by atoms with E-state index in [1.54, 1.807) is 14.2 Å². The van der Waals surface area contributed by atoms with Crippen LogP contribution >= 0.6 is 0 Å². The van der Waals surface area contributed by atoms with Gasteiger partial charge in [0.05, 0.1) is 26.8 Å². The van der Waals surface area contributed by atoms with Crippen LogP contribution in [0.3, 0.4) is 0 Å².